The first-order chi connectivity index (χ1) is 15.6. The number of ether oxygens (including phenoxy) is 1. The number of halogens is 1. The van der Waals surface area contributed by atoms with E-state index in [-0.39, 0.29) is 46.2 Å². The second-order valence-electron chi connectivity index (χ2n) is 7.51. The normalized spacial score (nSPS) is 14.1. The number of methoxy groups -OCH3 is 1. The number of nitrogens with one attached hydrogen (secondary N) is 2. The van der Waals surface area contributed by atoms with Gasteiger partial charge in [0.2, 0.25) is 0 Å². The molecule has 0 aliphatic heterocycles. The van der Waals surface area contributed by atoms with Crippen molar-refractivity contribution >= 4 is 38.4 Å². The van der Waals surface area contributed by atoms with Crippen molar-refractivity contribution in [3.63, 3.8) is 0 Å². The molecule has 178 valence electrons. The summed E-state index contributed by atoms with van der Waals surface area (Å²) in [5.41, 5.74) is -1.27. The molecule has 2 unspecified atom stereocenters. The van der Waals surface area contributed by atoms with E-state index in [9.17, 15) is 18.9 Å². The summed E-state index contributed by atoms with van der Waals surface area (Å²) >= 11 is 6.21. The predicted molar refractivity (Wildman–Crippen MR) is 129 cm³/mol. The zero-order valence-electron chi connectivity index (χ0n) is 18.7. The van der Waals surface area contributed by atoms with Crippen molar-refractivity contribution < 1.29 is 18.5 Å². The van der Waals surface area contributed by atoms with Gasteiger partial charge in [-0.3, -0.25) is 9.59 Å². The summed E-state index contributed by atoms with van der Waals surface area (Å²) in [5.74, 6) is 0.948. The third kappa shape index (κ3) is 5.07. The van der Waals surface area contributed by atoms with Gasteiger partial charge in [-0.1, -0.05) is 18.5 Å². The predicted octanol–water partition coefficient (Wildman–Crippen LogP) is 3.95. The highest BCUT2D eigenvalue weighted by atomic mass is 35.5. The van der Waals surface area contributed by atoms with E-state index >= 15 is 0 Å². The highest BCUT2D eigenvalue weighted by molar-refractivity contribution is 7.93. The molecule has 0 amide bonds. The van der Waals surface area contributed by atoms with Crippen molar-refractivity contribution in [1.29, 1.82) is 0 Å². The Morgan fingerprint density at radius 2 is 1.91 bits per heavy atom. The number of hydrogen-bond acceptors (Lipinski definition) is 9. The Morgan fingerprint density at radius 1 is 1.21 bits per heavy atom. The lowest BCUT2D eigenvalue weighted by Gasteiger charge is -2.21. The quantitative estimate of drug-likeness (QED) is 0.219. The summed E-state index contributed by atoms with van der Waals surface area (Å²) in [6, 6.07) is 6.16. The number of aryl methyl sites for hydroxylation is 1. The second-order valence-corrected chi connectivity index (χ2v) is 10.2. The fourth-order valence-corrected chi connectivity index (χ4v) is 5.38. The first-order valence-corrected chi connectivity index (χ1v) is 12.5. The third-order valence-corrected chi connectivity index (χ3v) is 7.37. The highest BCUT2D eigenvalue weighted by Crippen LogP contribution is 2.39. The molecule has 0 aliphatic rings. The Morgan fingerprint density at radius 3 is 2.52 bits per heavy atom. The molecular formula is C22H26ClN3O6S. The van der Waals surface area contributed by atoms with Gasteiger partial charge in [0.05, 0.1) is 39.6 Å². The van der Waals surface area contributed by atoms with Gasteiger partial charge in [0.1, 0.15) is 27.8 Å². The van der Waals surface area contributed by atoms with Crippen LogP contribution in [0.1, 0.15) is 30.9 Å². The molecule has 3 aromatic rings. The molecule has 33 heavy (non-hydrogen) atoms. The number of hydrogen-bond donors (Lipinski definition) is 3. The summed E-state index contributed by atoms with van der Waals surface area (Å²) in [5, 5.41) is 16.7. The van der Waals surface area contributed by atoms with Gasteiger partial charge in [0.15, 0.2) is 5.75 Å². The van der Waals surface area contributed by atoms with Crippen LogP contribution in [0.5, 0.6) is 5.75 Å². The van der Waals surface area contributed by atoms with Crippen LogP contribution in [0.3, 0.4) is 0 Å². The molecule has 9 nitrogen and oxygen atoms in total. The minimum Gasteiger partial charge on any atom is -0.504 e. The molecule has 0 spiro atoms. The number of furan rings is 1. The molecule has 1 heterocycles. The van der Waals surface area contributed by atoms with Crippen molar-refractivity contribution in [3.05, 3.63) is 61.3 Å². The van der Waals surface area contributed by atoms with E-state index in [1.165, 1.54) is 25.5 Å². The van der Waals surface area contributed by atoms with Gasteiger partial charge in [0.25, 0.3) is 10.9 Å². The van der Waals surface area contributed by atoms with Crippen LogP contribution in [0.4, 0.5) is 17.1 Å². The molecule has 0 aliphatic carbocycles. The van der Waals surface area contributed by atoms with E-state index in [0.29, 0.717) is 12.2 Å². The average Bonchev–Trinajstić information content (AvgIpc) is 3.20. The van der Waals surface area contributed by atoms with E-state index in [1.807, 2.05) is 19.9 Å². The van der Waals surface area contributed by atoms with Crippen LogP contribution in [0.25, 0.3) is 0 Å². The molecule has 0 bridgehead atoms. The van der Waals surface area contributed by atoms with Crippen LogP contribution in [-0.4, -0.2) is 35.8 Å². The van der Waals surface area contributed by atoms with E-state index in [4.69, 9.17) is 20.8 Å². The fourth-order valence-electron chi connectivity index (χ4n) is 3.35. The lowest BCUT2D eigenvalue weighted by molar-refractivity contribution is 0.208. The average molecular weight is 496 g/mol. The lowest BCUT2D eigenvalue weighted by Crippen LogP contribution is -2.37. The van der Waals surface area contributed by atoms with Crippen LogP contribution in [0.2, 0.25) is 5.02 Å². The molecule has 0 radical (unpaired) electrons. The van der Waals surface area contributed by atoms with Crippen LogP contribution < -0.4 is 21.5 Å². The van der Waals surface area contributed by atoms with E-state index in [2.05, 4.69) is 15.0 Å². The van der Waals surface area contributed by atoms with Crippen molar-refractivity contribution in [2.24, 2.45) is 4.36 Å². The van der Waals surface area contributed by atoms with Crippen molar-refractivity contribution in [2.45, 2.75) is 31.2 Å². The van der Waals surface area contributed by atoms with Gasteiger partial charge in [-0.15, -0.1) is 0 Å². The molecule has 3 N–H and O–H groups in total. The number of rotatable bonds is 10. The lowest BCUT2D eigenvalue weighted by atomic mass is 10.1. The number of phenols is 1. The zero-order chi connectivity index (χ0) is 24.3. The van der Waals surface area contributed by atoms with Gasteiger partial charge in [-0.25, -0.2) is 8.57 Å². The molecule has 0 fully saturated rings. The molecule has 3 rings (SSSR count). The van der Waals surface area contributed by atoms with Gasteiger partial charge in [0, 0.05) is 13.4 Å². The van der Waals surface area contributed by atoms with Crippen molar-refractivity contribution in [1.82, 2.24) is 0 Å². The maximum atomic E-state index is 13.1. The maximum absolute atomic E-state index is 13.1. The standard InChI is InChI=1S/C22H26ClN3O6S/c1-5-14(16-9-6-12(2)32-16)25-17-18(21(29)20(17)28)26-15-8-7-13(23)22(19(15)27)33(4,30)24-10-11-31-3/h6-9,14,25-27H,5,10-11H2,1-4H3. The Labute approximate surface area is 196 Å². The second kappa shape index (κ2) is 9.98. The molecule has 2 aromatic carbocycles. The Bertz CT molecular complexity index is 1350. The van der Waals surface area contributed by atoms with Crippen LogP contribution in [-0.2, 0) is 14.5 Å². The molecule has 1 aromatic heterocycles. The summed E-state index contributed by atoms with van der Waals surface area (Å²) < 4.78 is 27.8. The first-order valence-electron chi connectivity index (χ1n) is 10.2. The van der Waals surface area contributed by atoms with Crippen LogP contribution >= 0.6 is 11.6 Å². The smallest absolute Gasteiger partial charge is 0.253 e. The van der Waals surface area contributed by atoms with E-state index in [0.717, 1.165) is 5.76 Å². The largest absolute Gasteiger partial charge is 0.504 e. The van der Waals surface area contributed by atoms with Gasteiger partial charge in [-0.05, 0) is 37.6 Å². The SMILES string of the molecule is CCC(Nc1c(Nc2ccc(Cl)c(S(C)(=O)=NCCOC)c2O)c(=O)c1=O)c1ccc(C)o1. The van der Waals surface area contributed by atoms with Gasteiger partial charge < -0.3 is 24.9 Å². The fraction of sp³-hybridized carbons (Fsp3) is 0.364. The summed E-state index contributed by atoms with van der Waals surface area (Å²) in [6.07, 6.45) is 1.96. The van der Waals surface area contributed by atoms with Crippen molar-refractivity contribution in [2.75, 3.05) is 37.2 Å². The highest BCUT2D eigenvalue weighted by Gasteiger charge is 2.27. The van der Waals surface area contributed by atoms with Gasteiger partial charge in [-0.2, -0.15) is 0 Å². The molecule has 2 atom stereocenters. The Kier molecular flexibility index (Phi) is 7.51. The summed E-state index contributed by atoms with van der Waals surface area (Å²) in [6.45, 7) is 4.13. The number of benzene rings is 1. The molecular weight excluding hydrogens is 470 g/mol. The zero-order valence-corrected chi connectivity index (χ0v) is 20.3. The Balaban J connectivity index is 1.95. The van der Waals surface area contributed by atoms with Crippen LogP contribution in [0, 0.1) is 6.92 Å². The number of anilines is 3. The molecule has 0 saturated heterocycles. The van der Waals surface area contributed by atoms with E-state index in [1.54, 1.807) is 6.07 Å². The third-order valence-electron chi connectivity index (χ3n) is 5.10. The first kappa shape index (κ1) is 24.8. The number of aromatic hydroxyl groups is 1. The van der Waals surface area contributed by atoms with Gasteiger partial charge >= 0.3 is 0 Å². The summed E-state index contributed by atoms with van der Waals surface area (Å²) in [7, 11) is -1.56. The van der Waals surface area contributed by atoms with E-state index < -0.39 is 26.3 Å². The number of phenolic OH excluding ortho intramolecular Hbond substituents is 1. The van der Waals surface area contributed by atoms with Crippen molar-refractivity contribution in [3.8, 4) is 5.75 Å². The molecule has 11 heteroatoms. The topological polar surface area (TPSA) is 130 Å². The minimum absolute atomic E-state index is 0.00998. The molecule has 0 saturated carbocycles. The van der Waals surface area contributed by atoms with Crippen LogP contribution in [0.15, 0.2) is 47.5 Å². The number of nitrogens with zero attached hydrogens (tertiary/aromatic N) is 1. The summed E-state index contributed by atoms with van der Waals surface area (Å²) in [4.78, 5) is 24.5. The Hall–Kier alpha value is -2.82. The monoisotopic (exact) mass is 495 g/mol. The minimum atomic E-state index is -3.06. The maximum Gasteiger partial charge on any atom is 0.253 e.